The van der Waals surface area contributed by atoms with Crippen LogP contribution in [0, 0.1) is 5.41 Å². The summed E-state index contributed by atoms with van der Waals surface area (Å²) in [6.07, 6.45) is 8.00. The van der Waals surface area contributed by atoms with E-state index in [4.69, 9.17) is 5.73 Å². The summed E-state index contributed by atoms with van der Waals surface area (Å²) in [5.74, 6) is 0.355. The fourth-order valence-corrected chi connectivity index (χ4v) is 2.86. The Labute approximate surface area is 98.4 Å². The molecule has 2 rings (SSSR count). The van der Waals surface area contributed by atoms with Crippen molar-refractivity contribution < 1.29 is 4.79 Å². The van der Waals surface area contributed by atoms with Gasteiger partial charge in [-0.3, -0.25) is 4.79 Å². The van der Waals surface area contributed by atoms with Crippen molar-refractivity contribution >= 4 is 5.91 Å². The van der Waals surface area contributed by atoms with Crippen LogP contribution in [0.4, 0.5) is 0 Å². The molecule has 1 heterocycles. The van der Waals surface area contributed by atoms with Crippen molar-refractivity contribution in [3.63, 3.8) is 0 Å². The van der Waals surface area contributed by atoms with Crippen LogP contribution < -0.4 is 5.73 Å². The molecule has 2 N–H and O–H groups in total. The number of nitrogens with two attached hydrogens (primary N) is 1. The van der Waals surface area contributed by atoms with Crippen LogP contribution in [0.15, 0.2) is 0 Å². The van der Waals surface area contributed by atoms with E-state index < -0.39 is 0 Å². The van der Waals surface area contributed by atoms with E-state index in [9.17, 15) is 4.79 Å². The monoisotopic (exact) mass is 224 g/mol. The summed E-state index contributed by atoms with van der Waals surface area (Å²) >= 11 is 0. The minimum absolute atomic E-state index is 0.149. The molecule has 0 spiro atoms. The van der Waals surface area contributed by atoms with Crippen molar-refractivity contribution in [2.45, 2.75) is 57.9 Å². The minimum Gasteiger partial charge on any atom is -0.339 e. The van der Waals surface area contributed by atoms with Crippen LogP contribution in [0.1, 0.15) is 51.9 Å². The highest BCUT2D eigenvalue weighted by molar-refractivity contribution is 5.86. The third kappa shape index (κ3) is 2.10. The standard InChI is InChI=1S/C13H24N2O/c1-2-5-11-6-3-4-9-15(11)12(16)13(10-14)7-8-13/h11H,2-10,14H2,1H3. The lowest BCUT2D eigenvalue weighted by Crippen LogP contribution is -2.48. The van der Waals surface area contributed by atoms with Crippen LogP contribution in [-0.2, 0) is 4.79 Å². The Morgan fingerprint density at radius 2 is 2.19 bits per heavy atom. The van der Waals surface area contributed by atoms with Gasteiger partial charge >= 0.3 is 0 Å². The first-order chi connectivity index (χ1) is 7.73. The molecule has 16 heavy (non-hydrogen) atoms. The molecule has 0 bridgehead atoms. The van der Waals surface area contributed by atoms with Gasteiger partial charge in [0.15, 0.2) is 0 Å². The summed E-state index contributed by atoms with van der Waals surface area (Å²) in [7, 11) is 0. The molecule has 2 aliphatic rings. The Hall–Kier alpha value is -0.570. The molecule has 0 aromatic carbocycles. The maximum Gasteiger partial charge on any atom is 0.230 e. The SMILES string of the molecule is CCCC1CCCCN1C(=O)C1(CN)CC1. The summed E-state index contributed by atoms with van der Waals surface area (Å²) in [6, 6.07) is 0.496. The van der Waals surface area contributed by atoms with Gasteiger partial charge in [-0.15, -0.1) is 0 Å². The molecule has 1 saturated carbocycles. The lowest BCUT2D eigenvalue weighted by Gasteiger charge is -2.38. The molecule has 0 radical (unpaired) electrons. The number of piperidine rings is 1. The van der Waals surface area contributed by atoms with Gasteiger partial charge in [0.2, 0.25) is 5.91 Å². The van der Waals surface area contributed by atoms with Gasteiger partial charge in [-0.1, -0.05) is 13.3 Å². The highest BCUT2D eigenvalue weighted by Crippen LogP contribution is 2.47. The lowest BCUT2D eigenvalue weighted by atomic mass is 9.95. The summed E-state index contributed by atoms with van der Waals surface area (Å²) in [4.78, 5) is 14.6. The third-order valence-electron chi connectivity index (χ3n) is 4.21. The van der Waals surface area contributed by atoms with E-state index in [1.165, 1.54) is 25.7 Å². The number of rotatable bonds is 4. The summed E-state index contributed by atoms with van der Waals surface area (Å²) < 4.78 is 0. The zero-order chi connectivity index (χ0) is 11.6. The van der Waals surface area contributed by atoms with Crippen molar-refractivity contribution in [1.29, 1.82) is 0 Å². The predicted molar refractivity (Wildman–Crippen MR) is 65.0 cm³/mol. The fraction of sp³-hybridized carbons (Fsp3) is 0.923. The van der Waals surface area contributed by atoms with Gasteiger partial charge < -0.3 is 10.6 Å². The van der Waals surface area contributed by atoms with Crippen LogP contribution in [0.5, 0.6) is 0 Å². The van der Waals surface area contributed by atoms with Crippen LogP contribution in [-0.4, -0.2) is 29.9 Å². The van der Waals surface area contributed by atoms with E-state index in [1.807, 2.05) is 0 Å². The minimum atomic E-state index is -0.149. The van der Waals surface area contributed by atoms with Crippen molar-refractivity contribution in [3.05, 3.63) is 0 Å². The number of hydrogen-bond donors (Lipinski definition) is 1. The van der Waals surface area contributed by atoms with Gasteiger partial charge in [0.05, 0.1) is 5.41 Å². The van der Waals surface area contributed by atoms with E-state index in [0.29, 0.717) is 18.5 Å². The number of nitrogens with zero attached hydrogens (tertiary/aromatic N) is 1. The molecule has 1 aliphatic carbocycles. The first-order valence-corrected chi connectivity index (χ1v) is 6.74. The molecule has 0 aromatic rings. The van der Waals surface area contributed by atoms with E-state index in [-0.39, 0.29) is 5.41 Å². The summed E-state index contributed by atoms with van der Waals surface area (Å²) in [5, 5.41) is 0. The first-order valence-electron chi connectivity index (χ1n) is 6.74. The van der Waals surface area contributed by atoms with Crippen LogP contribution in [0.2, 0.25) is 0 Å². The van der Waals surface area contributed by atoms with E-state index in [2.05, 4.69) is 11.8 Å². The van der Waals surface area contributed by atoms with Gasteiger partial charge in [0, 0.05) is 19.1 Å². The number of hydrogen-bond acceptors (Lipinski definition) is 2. The molecule has 1 unspecified atom stereocenters. The van der Waals surface area contributed by atoms with Gasteiger partial charge in [-0.05, 0) is 38.5 Å². The fourth-order valence-electron chi connectivity index (χ4n) is 2.86. The van der Waals surface area contributed by atoms with Gasteiger partial charge in [-0.25, -0.2) is 0 Å². The molecule has 92 valence electrons. The maximum atomic E-state index is 12.4. The average Bonchev–Trinajstić information content (AvgIpc) is 3.10. The van der Waals surface area contributed by atoms with Gasteiger partial charge in [0.1, 0.15) is 0 Å². The zero-order valence-electron chi connectivity index (χ0n) is 10.4. The molecular formula is C13H24N2O. The van der Waals surface area contributed by atoms with Crippen LogP contribution >= 0.6 is 0 Å². The molecule has 2 fully saturated rings. The van der Waals surface area contributed by atoms with Gasteiger partial charge in [0.25, 0.3) is 0 Å². The number of carbonyl (C=O) groups excluding carboxylic acids is 1. The van der Waals surface area contributed by atoms with Crippen molar-refractivity contribution in [2.75, 3.05) is 13.1 Å². The summed E-state index contributed by atoms with van der Waals surface area (Å²) in [5.41, 5.74) is 5.60. The topological polar surface area (TPSA) is 46.3 Å². The quantitative estimate of drug-likeness (QED) is 0.793. The second kappa shape index (κ2) is 4.74. The van der Waals surface area contributed by atoms with E-state index in [0.717, 1.165) is 25.8 Å². The van der Waals surface area contributed by atoms with Crippen LogP contribution in [0.25, 0.3) is 0 Å². The predicted octanol–water partition coefficient (Wildman–Crippen LogP) is 1.91. The Balaban J connectivity index is 2.02. The average molecular weight is 224 g/mol. The second-order valence-electron chi connectivity index (χ2n) is 5.42. The molecule has 1 saturated heterocycles. The Morgan fingerprint density at radius 3 is 2.75 bits per heavy atom. The molecule has 1 atom stereocenters. The molecule has 3 heteroatoms. The number of carbonyl (C=O) groups is 1. The van der Waals surface area contributed by atoms with Crippen LogP contribution in [0.3, 0.4) is 0 Å². The van der Waals surface area contributed by atoms with Crippen molar-refractivity contribution in [1.82, 2.24) is 4.90 Å². The Morgan fingerprint density at radius 1 is 1.44 bits per heavy atom. The number of likely N-dealkylation sites (tertiary alicyclic amines) is 1. The largest absolute Gasteiger partial charge is 0.339 e. The molecule has 1 amide bonds. The molecule has 0 aromatic heterocycles. The highest BCUT2D eigenvalue weighted by Gasteiger charge is 2.51. The lowest BCUT2D eigenvalue weighted by molar-refractivity contribution is -0.140. The molecule has 3 nitrogen and oxygen atoms in total. The molecular weight excluding hydrogens is 200 g/mol. The Bertz CT molecular complexity index is 259. The maximum absolute atomic E-state index is 12.4. The Kier molecular flexibility index (Phi) is 3.53. The van der Waals surface area contributed by atoms with Gasteiger partial charge in [-0.2, -0.15) is 0 Å². The summed E-state index contributed by atoms with van der Waals surface area (Å²) in [6.45, 7) is 3.71. The third-order valence-corrected chi connectivity index (χ3v) is 4.21. The number of amides is 1. The first kappa shape index (κ1) is 11.9. The van der Waals surface area contributed by atoms with Crippen molar-refractivity contribution in [3.8, 4) is 0 Å². The van der Waals surface area contributed by atoms with Crippen molar-refractivity contribution in [2.24, 2.45) is 11.1 Å². The second-order valence-corrected chi connectivity index (χ2v) is 5.42. The molecule has 1 aliphatic heterocycles. The van der Waals surface area contributed by atoms with E-state index in [1.54, 1.807) is 0 Å². The smallest absolute Gasteiger partial charge is 0.230 e. The highest BCUT2D eigenvalue weighted by atomic mass is 16.2. The normalized spacial score (nSPS) is 27.9. The van der Waals surface area contributed by atoms with E-state index >= 15 is 0 Å². The zero-order valence-corrected chi connectivity index (χ0v) is 10.4.